The molecule has 0 aromatic rings. The van der Waals surface area contributed by atoms with E-state index in [2.05, 4.69) is 33.0 Å². The van der Waals surface area contributed by atoms with Gasteiger partial charge in [0.2, 0.25) is 5.91 Å². The Labute approximate surface area is 133 Å². The summed E-state index contributed by atoms with van der Waals surface area (Å²) in [5.74, 6) is 1.55. The molecule has 1 amide bonds. The monoisotopic (exact) mass is 308 g/mol. The van der Waals surface area contributed by atoms with E-state index >= 15 is 0 Å². The van der Waals surface area contributed by atoms with Crippen molar-refractivity contribution in [1.82, 2.24) is 5.32 Å². The average Bonchev–Trinajstić information content (AvgIpc) is 2.89. The second kappa shape index (κ2) is 5.80. The minimum atomic E-state index is -0.331. The van der Waals surface area contributed by atoms with E-state index < -0.39 is 0 Å². The maximum absolute atomic E-state index is 11.7. The smallest absolute Gasteiger partial charge is 0.404 e. The second-order valence-corrected chi connectivity index (χ2v) is 8.25. The largest absolute Gasteiger partial charge is 0.481 e. The predicted molar refractivity (Wildman–Crippen MR) is 85.9 cm³/mol. The molecule has 3 aliphatic carbocycles. The van der Waals surface area contributed by atoms with Crippen LogP contribution in [0.5, 0.6) is 0 Å². The van der Waals surface area contributed by atoms with Crippen LogP contribution in [0.1, 0.15) is 47.0 Å². The van der Waals surface area contributed by atoms with Crippen LogP contribution in [-0.4, -0.2) is 37.7 Å². The molecule has 1 heterocycles. The Bertz CT molecular complexity index is 443. The first-order chi connectivity index (χ1) is 10.3. The Morgan fingerprint density at radius 1 is 1.36 bits per heavy atom. The van der Waals surface area contributed by atoms with Crippen molar-refractivity contribution in [3.63, 3.8) is 0 Å². The van der Waals surface area contributed by atoms with Crippen LogP contribution in [0.4, 0.5) is 0 Å². The molecule has 1 unspecified atom stereocenters. The number of carbonyl (C=O) groups is 1. The number of carbonyl (C=O) groups excluding carboxylic acids is 1. The maximum Gasteiger partial charge on any atom is 0.481 e. The van der Waals surface area contributed by atoms with E-state index in [4.69, 9.17) is 15.0 Å². The number of rotatable bonds is 5. The van der Waals surface area contributed by atoms with Gasteiger partial charge >= 0.3 is 7.12 Å². The Balaban J connectivity index is 1.68. The van der Waals surface area contributed by atoms with Crippen molar-refractivity contribution in [2.24, 2.45) is 28.9 Å². The zero-order valence-electron chi connectivity index (χ0n) is 14.2. The van der Waals surface area contributed by atoms with Crippen LogP contribution in [0, 0.1) is 23.2 Å². The third-order valence-corrected chi connectivity index (χ3v) is 6.01. The van der Waals surface area contributed by atoms with Gasteiger partial charge in [0.05, 0.1) is 24.7 Å². The molecule has 6 heteroatoms. The van der Waals surface area contributed by atoms with Gasteiger partial charge in [-0.05, 0) is 42.4 Å². The highest BCUT2D eigenvalue weighted by Crippen LogP contribution is 2.61. The van der Waals surface area contributed by atoms with Gasteiger partial charge in [-0.2, -0.15) is 0 Å². The van der Waals surface area contributed by atoms with Gasteiger partial charge in [-0.1, -0.05) is 27.7 Å². The molecule has 3 saturated carbocycles. The minimum Gasteiger partial charge on any atom is -0.404 e. The third kappa shape index (κ3) is 2.70. The van der Waals surface area contributed by atoms with Gasteiger partial charge in [0.25, 0.3) is 0 Å². The molecule has 5 nitrogen and oxygen atoms in total. The average molecular weight is 308 g/mol. The van der Waals surface area contributed by atoms with E-state index in [1.807, 2.05) is 0 Å². The van der Waals surface area contributed by atoms with Gasteiger partial charge in [-0.15, -0.1) is 0 Å². The van der Waals surface area contributed by atoms with Gasteiger partial charge < -0.3 is 20.4 Å². The summed E-state index contributed by atoms with van der Waals surface area (Å²) in [5.41, 5.74) is 5.81. The van der Waals surface area contributed by atoms with E-state index in [9.17, 15) is 4.79 Å². The summed E-state index contributed by atoms with van der Waals surface area (Å²) < 4.78 is 12.5. The van der Waals surface area contributed by atoms with Crippen LogP contribution in [0.3, 0.4) is 0 Å². The fourth-order valence-electron chi connectivity index (χ4n) is 4.56. The van der Waals surface area contributed by atoms with Gasteiger partial charge in [0.1, 0.15) is 0 Å². The number of nitrogens with two attached hydrogens (primary N) is 1. The molecular formula is C16H29BN2O3. The second-order valence-electron chi connectivity index (χ2n) is 8.25. The van der Waals surface area contributed by atoms with E-state index in [0.29, 0.717) is 17.3 Å². The van der Waals surface area contributed by atoms with Crippen molar-refractivity contribution in [2.75, 3.05) is 6.54 Å². The van der Waals surface area contributed by atoms with Crippen molar-refractivity contribution in [3.8, 4) is 0 Å². The summed E-state index contributed by atoms with van der Waals surface area (Å²) in [4.78, 5) is 11.7. The van der Waals surface area contributed by atoms with Crippen molar-refractivity contribution in [1.29, 1.82) is 0 Å². The van der Waals surface area contributed by atoms with E-state index in [1.54, 1.807) is 0 Å². The molecule has 1 saturated heterocycles. The Morgan fingerprint density at radius 2 is 2.09 bits per heavy atom. The zero-order valence-corrected chi connectivity index (χ0v) is 14.2. The first kappa shape index (κ1) is 16.3. The first-order valence-electron chi connectivity index (χ1n) is 8.63. The molecule has 4 rings (SSSR count). The molecule has 4 fully saturated rings. The SMILES string of the molecule is CC(C)C[C@H](NC(=O)CN)B1O[C@@H]2C[C@H]3CC([C@@H]2O1)C3(C)C. The highest BCUT2D eigenvalue weighted by atomic mass is 16.7. The summed E-state index contributed by atoms with van der Waals surface area (Å²) >= 11 is 0. The third-order valence-electron chi connectivity index (χ3n) is 6.01. The summed E-state index contributed by atoms with van der Waals surface area (Å²) in [6.07, 6.45) is 3.58. The molecule has 4 aliphatic rings. The minimum absolute atomic E-state index is 0.00586. The fourth-order valence-corrected chi connectivity index (χ4v) is 4.56. The van der Waals surface area contributed by atoms with Gasteiger partial charge in [-0.25, -0.2) is 0 Å². The molecule has 0 aromatic carbocycles. The zero-order chi connectivity index (χ0) is 16.1. The standard InChI is InChI=1S/C16H29BN2O3/c1-9(2)5-13(19-14(20)8-18)17-21-12-7-10-6-11(15(12)22-17)16(10,3)4/h9-13,15H,5-8,18H2,1-4H3,(H,19,20)/t10-,11?,12-,13+,15+/m1/s1. The molecule has 1 aliphatic heterocycles. The Morgan fingerprint density at radius 3 is 2.68 bits per heavy atom. The first-order valence-corrected chi connectivity index (χ1v) is 8.63. The number of nitrogens with one attached hydrogen (secondary N) is 1. The highest BCUT2D eigenvalue weighted by Gasteiger charge is 2.62. The molecule has 2 bridgehead atoms. The van der Waals surface area contributed by atoms with Gasteiger partial charge in [-0.3, -0.25) is 4.79 Å². The lowest BCUT2D eigenvalue weighted by molar-refractivity contribution is -0.150. The Hall–Kier alpha value is -0.585. The van der Waals surface area contributed by atoms with Crippen molar-refractivity contribution in [2.45, 2.75) is 65.1 Å². The van der Waals surface area contributed by atoms with Crippen molar-refractivity contribution in [3.05, 3.63) is 0 Å². The van der Waals surface area contributed by atoms with E-state index in [0.717, 1.165) is 18.8 Å². The summed E-state index contributed by atoms with van der Waals surface area (Å²) in [7, 11) is -0.331. The normalized spacial score (nSPS) is 36.7. The molecular weight excluding hydrogens is 279 g/mol. The topological polar surface area (TPSA) is 73.6 Å². The number of amides is 1. The van der Waals surface area contributed by atoms with E-state index in [-0.39, 0.29) is 37.7 Å². The van der Waals surface area contributed by atoms with Crippen molar-refractivity contribution >= 4 is 13.0 Å². The van der Waals surface area contributed by atoms with Crippen LogP contribution in [0.2, 0.25) is 0 Å². The van der Waals surface area contributed by atoms with Crippen LogP contribution >= 0.6 is 0 Å². The van der Waals surface area contributed by atoms with E-state index in [1.165, 1.54) is 6.42 Å². The number of hydrogen-bond donors (Lipinski definition) is 2. The quantitative estimate of drug-likeness (QED) is 0.752. The summed E-state index contributed by atoms with van der Waals surface area (Å²) in [5, 5.41) is 2.98. The predicted octanol–water partition coefficient (Wildman–Crippen LogP) is 1.35. The lowest BCUT2D eigenvalue weighted by Gasteiger charge is -2.60. The molecule has 0 radical (unpaired) electrons. The highest BCUT2D eigenvalue weighted by molar-refractivity contribution is 6.47. The lowest BCUT2D eigenvalue weighted by Crippen LogP contribution is -2.59. The summed E-state index contributed by atoms with van der Waals surface area (Å²) in [6.45, 7) is 8.99. The molecule has 124 valence electrons. The van der Waals surface area contributed by atoms with Gasteiger partial charge in [0.15, 0.2) is 0 Å². The lowest BCUT2D eigenvalue weighted by atomic mass is 9.47. The van der Waals surface area contributed by atoms with Crippen LogP contribution in [-0.2, 0) is 14.1 Å². The molecule has 22 heavy (non-hydrogen) atoms. The molecule has 5 atom stereocenters. The maximum atomic E-state index is 11.7. The molecule has 0 aromatic heterocycles. The van der Waals surface area contributed by atoms with Crippen molar-refractivity contribution < 1.29 is 14.1 Å². The van der Waals surface area contributed by atoms with Crippen LogP contribution in [0.25, 0.3) is 0 Å². The summed E-state index contributed by atoms with van der Waals surface area (Å²) in [6, 6.07) is 0. The Kier molecular flexibility index (Phi) is 4.29. The molecule has 3 N–H and O–H groups in total. The van der Waals surface area contributed by atoms with Crippen LogP contribution in [0.15, 0.2) is 0 Å². The molecule has 0 spiro atoms. The van der Waals surface area contributed by atoms with Gasteiger partial charge in [0, 0.05) is 0 Å². The fraction of sp³-hybridized carbons (Fsp3) is 0.938. The van der Waals surface area contributed by atoms with Crippen LogP contribution < -0.4 is 11.1 Å². The number of hydrogen-bond acceptors (Lipinski definition) is 4.